The highest BCUT2D eigenvalue weighted by atomic mass is 32.2. The molecule has 25 heavy (non-hydrogen) atoms. The number of amides is 2. The number of nitrogens with one attached hydrogen (secondary N) is 2. The lowest BCUT2D eigenvalue weighted by molar-refractivity contribution is -0.129. The second kappa shape index (κ2) is 7.57. The quantitative estimate of drug-likeness (QED) is 0.778. The van der Waals surface area contributed by atoms with Gasteiger partial charge in [0.2, 0.25) is 11.0 Å². The minimum Gasteiger partial charge on any atom is -0.438 e. The third-order valence-corrected chi connectivity index (χ3v) is 5.22. The van der Waals surface area contributed by atoms with Crippen LogP contribution in [0.15, 0.2) is 21.6 Å². The van der Waals surface area contributed by atoms with E-state index in [4.69, 9.17) is 4.42 Å². The summed E-state index contributed by atoms with van der Waals surface area (Å²) < 4.78 is 31.9. The summed E-state index contributed by atoms with van der Waals surface area (Å²) >= 11 is 0. The van der Waals surface area contributed by atoms with E-state index in [1.165, 1.54) is 12.1 Å². The average Bonchev–Trinajstić information content (AvgIpc) is 3.16. The number of sulfonamides is 1. The third-order valence-electron chi connectivity index (χ3n) is 3.59. The van der Waals surface area contributed by atoms with Crippen molar-refractivity contribution >= 4 is 21.8 Å². The van der Waals surface area contributed by atoms with Gasteiger partial charge in [-0.15, -0.1) is 0 Å². The highest BCUT2D eigenvalue weighted by molar-refractivity contribution is 7.89. The maximum absolute atomic E-state index is 12.1. The first-order valence-corrected chi connectivity index (χ1v) is 9.77. The Balaban J connectivity index is 1.88. The van der Waals surface area contributed by atoms with Gasteiger partial charge in [0.15, 0.2) is 5.76 Å². The Labute approximate surface area is 148 Å². The van der Waals surface area contributed by atoms with Crippen molar-refractivity contribution in [3.05, 3.63) is 17.9 Å². The Morgan fingerprint density at radius 1 is 1.20 bits per heavy atom. The van der Waals surface area contributed by atoms with E-state index in [2.05, 4.69) is 10.0 Å². The topological polar surface area (TPSA) is 109 Å². The van der Waals surface area contributed by atoms with Crippen LogP contribution in [0.5, 0.6) is 0 Å². The van der Waals surface area contributed by atoms with Gasteiger partial charge in [-0.3, -0.25) is 9.59 Å². The number of carbonyl (C=O) groups excluding carboxylic acids is 2. The maximum Gasteiger partial charge on any atom is 0.287 e. The summed E-state index contributed by atoms with van der Waals surface area (Å²) in [6, 6.07) is 2.53. The van der Waals surface area contributed by atoms with E-state index >= 15 is 0 Å². The molecular weight excluding hydrogens is 346 g/mol. The van der Waals surface area contributed by atoms with Gasteiger partial charge in [-0.1, -0.05) is 0 Å². The van der Waals surface area contributed by atoms with Crippen molar-refractivity contribution in [2.75, 3.05) is 19.6 Å². The second-order valence-electron chi connectivity index (χ2n) is 7.07. The molecule has 0 atom stereocenters. The Hall–Kier alpha value is -1.87. The van der Waals surface area contributed by atoms with E-state index < -0.39 is 21.5 Å². The Kier molecular flexibility index (Phi) is 5.89. The van der Waals surface area contributed by atoms with Crippen LogP contribution in [-0.2, 0) is 14.8 Å². The van der Waals surface area contributed by atoms with Gasteiger partial charge in [0.1, 0.15) is 0 Å². The van der Waals surface area contributed by atoms with Gasteiger partial charge in [0.25, 0.3) is 15.9 Å². The van der Waals surface area contributed by atoms with Crippen molar-refractivity contribution in [2.24, 2.45) is 0 Å². The molecule has 0 spiro atoms. The molecule has 1 aromatic rings. The van der Waals surface area contributed by atoms with Crippen molar-refractivity contribution in [3.63, 3.8) is 0 Å². The van der Waals surface area contributed by atoms with Gasteiger partial charge in [0, 0.05) is 31.6 Å². The number of likely N-dealkylation sites (tertiary alicyclic amines) is 1. The molecule has 2 N–H and O–H groups in total. The van der Waals surface area contributed by atoms with E-state index in [1.807, 2.05) is 0 Å². The molecule has 1 saturated heterocycles. The zero-order valence-electron chi connectivity index (χ0n) is 14.8. The Morgan fingerprint density at radius 2 is 1.84 bits per heavy atom. The molecule has 2 amide bonds. The van der Waals surface area contributed by atoms with Gasteiger partial charge < -0.3 is 14.6 Å². The van der Waals surface area contributed by atoms with E-state index in [0.29, 0.717) is 0 Å². The van der Waals surface area contributed by atoms with E-state index in [1.54, 1.807) is 25.7 Å². The van der Waals surface area contributed by atoms with Crippen LogP contribution in [0.4, 0.5) is 0 Å². The summed E-state index contributed by atoms with van der Waals surface area (Å²) in [5.41, 5.74) is -0.663. The summed E-state index contributed by atoms with van der Waals surface area (Å²) in [5.74, 6) is -0.649. The Morgan fingerprint density at radius 3 is 2.44 bits per heavy atom. The van der Waals surface area contributed by atoms with Gasteiger partial charge >= 0.3 is 0 Å². The summed E-state index contributed by atoms with van der Waals surface area (Å²) in [6.45, 7) is 6.84. The summed E-state index contributed by atoms with van der Waals surface area (Å²) in [5, 5.41) is 2.25. The van der Waals surface area contributed by atoms with Gasteiger partial charge in [0.05, 0.1) is 0 Å². The first kappa shape index (κ1) is 19.5. The largest absolute Gasteiger partial charge is 0.438 e. The number of rotatable bonds is 6. The molecule has 2 heterocycles. The molecule has 0 aromatic carbocycles. The second-order valence-corrected chi connectivity index (χ2v) is 8.68. The zero-order valence-corrected chi connectivity index (χ0v) is 15.6. The molecule has 1 aliphatic rings. The molecule has 8 nitrogen and oxygen atoms in total. The minimum absolute atomic E-state index is 0.00916. The van der Waals surface area contributed by atoms with Gasteiger partial charge in [-0.05, 0) is 45.7 Å². The van der Waals surface area contributed by atoms with Crippen molar-refractivity contribution in [3.8, 4) is 0 Å². The van der Waals surface area contributed by atoms with Gasteiger partial charge in [-0.2, -0.15) is 0 Å². The lowest BCUT2D eigenvalue weighted by Crippen LogP contribution is -2.40. The molecule has 2 rings (SSSR count). The van der Waals surface area contributed by atoms with Crippen LogP contribution in [0.2, 0.25) is 0 Å². The maximum atomic E-state index is 12.1. The summed E-state index contributed by atoms with van der Waals surface area (Å²) in [6.07, 6.45) is 2.25. The SMILES string of the molecule is CC(C)(C)NS(=O)(=O)c1ccc(C(=O)NCCC(=O)N2CCCC2)o1. The fourth-order valence-electron chi connectivity index (χ4n) is 2.53. The predicted molar refractivity (Wildman–Crippen MR) is 91.5 cm³/mol. The molecule has 0 unspecified atom stereocenters. The highest BCUT2D eigenvalue weighted by Gasteiger charge is 2.26. The predicted octanol–water partition coefficient (Wildman–Crippen LogP) is 1.10. The minimum atomic E-state index is -3.83. The third kappa shape index (κ3) is 5.57. The fraction of sp³-hybridized carbons (Fsp3) is 0.625. The van der Waals surface area contributed by atoms with Crippen molar-refractivity contribution in [2.45, 2.75) is 50.7 Å². The van der Waals surface area contributed by atoms with Crippen LogP contribution < -0.4 is 10.0 Å². The number of carbonyl (C=O) groups is 2. The molecule has 0 radical (unpaired) electrons. The van der Waals surface area contributed by atoms with E-state index in [-0.39, 0.29) is 29.7 Å². The van der Waals surface area contributed by atoms with Crippen molar-refractivity contribution in [1.82, 2.24) is 14.9 Å². The van der Waals surface area contributed by atoms with E-state index in [0.717, 1.165) is 25.9 Å². The number of nitrogens with zero attached hydrogens (tertiary/aromatic N) is 1. The number of hydrogen-bond acceptors (Lipinski definition) is 5. The first-order chi connectivity index (χ1) is 11.6. The summed E-state index contributed by atoms with van der Waals surface area (Å²) in [4.78, 5) is 25.7. The van der Waals surface area contributed by atoms with Crippen LogP contribution in [0.25, 0.3) is 0 Å². The molecule has 0 aliphatic carbocycles. The Bertz CT molecular complexity index is 727. The number of furan rings is 1. The molecule has 1 aromatic heterocycles. The first-order valence-electron chi connectivity index (χ1n) is 8.28. The van der Waals surface area contributed by atoms with Crippen molar-refractivity contribution < 1.29 is 22.4 Å². The molecule has 1 fully saturated rings. The van der Waals surface area contributed by atoms with Crippen LogP contribution in [0, 0.1) is 0 Å². The molecule has 0 saturated carbocycles. The molecule has 9 heteroatoms. The fourth-order valence-corrected chi connectivity index (χ4v) is 3.89. The lowest BCUT2D eigenvalue weighted by atomic mass is 10.1. The van der Waals surface area contributed by atoms with E-state index in [9.17, 15) is 18.0 Å². The standard InChI is InChI=1S/C16H25N3O5S/c1-16(2,3)18-25(22,23)14-7-6-12(24-14)15(21)17-9-8-13(20)19-10-4-5-11-19/h6-7,18H,4-5,8-11H2,1-3H3,(H,17,21). The van der Waals surface area contributed by atoms with Crippen molar-refractivity contribution in [1.29, 1.82) is 0 Å². The smallest absolute Gasteiger partial charge is 0.287 e. The summed E-state index contributed by atoms with van der Waals surface area (Å²) in [7, 11) is -3.83. The molecule has 1 aliphatic heterocycles. The lowest BCUT2D eigenvalue weighted by Gasteiger charge is -2.18. The van der Waals surface area contributed by atoms with Gasteiger partial charge in [-0.25, -0.2) is 13.1 Å². The molecule has 140 valence electrons. The van der Waals surface area contributed by atoms with Crippen LogP contribution >= 0.6 is 0 Å². The average molecular weight is 371 g/mol. The zero-order chi connectivity index (χ0) is 18.7. The van der Waals surface area contributed by atoms with Crippen LogP contribution in [0.1, 0.15) is 50.6 Å². The van der Waals surface area contributed by atoms with Crippen LogP contribution in [-0.4, -0.2) is 50.3 Å². The normalized spacial score (nSPS) is 15.4. The molecular formula is C16H25N3O5S. The number of hydrogen-bond donors (Lipinski definition) is 2. The van der Waals surface area contributed by atoms with Crippen LogP contribution in [0.3, 0.4) is 0 Å². The highest BCUT2D eigenvalue weighted by Crippen LogP contribution is 2.16. The molecule has 0 bridgehead atoms. The monoisotopic (exact) mass is 371 g/mol.